The SMILES string of the molecule is CCCCn1c2c(c(=O)n(Cc3ccccc3F)c1=O)NC(Cc1ccc(NSc3cc(Cl)ccc3Cl)cc1)N2. The first-order valence-electron chi connectivity index (χ1n) is 12.9. The third kappa shape index (κ3) is 6.16. The van der Waals surface area contributed by atoms with Gasteiger partial charge in [0, 0.05) is 34.1 Å². The summed E-state index contributed by atoms with van der Waals surface area (Å²) in [6, 6.07) is 19.4. The van der Waals surface area contributed by atoms with E-state index in [4.69, 9.17) is 23.2 Å². The highest BCUT2D eigenvalue weighted by Crippen LogP contribution is 2.31. The van der Waals surface area contributed by atoms with Crippen LogP contribution in [0.15, 0.2) is 81.2 Å². The fourth-order valence-corrected chi connectivity index (χ4v) is 5.72. The average Bonchev–Trinajstić information content (AvgIpc) is 3.37. The lowest BCUT2D eigenvalue weighted by Gasteiger charge is -2.15. The van der Waals surface area contributed by atoms with Crippen molar-refractivity contribution in [1.29, 1.82) is 0 Å². The van der Waals surface area contributed by atoms with Crippen LogP contribution in [-0.4, -0.2) is 15.3 Å². The van der Waals surface area contributed by atoms with Crippen LogP contribution >= 0.6 is 35.1 Å². The summed E-state index contributed by atoms with van der Waals surface area (Å²) in [5.41, 5.74) is 1.61. The molecule has 1 aliphatic rings. The van der Waals surface area contributed by atoms with Crippen LogP contribution in [0.1, 0.15) is 30.9 Å². The summed E-state index contributed by atoms with van der Waals surface area (Å²) < 4.78 is 20.3. The van der Waals surface area contributed by atoms with Gasteiger partial charge in [0.2, 0.25) is 0 Å². The molecule has 1 aromatic heterocycles. The largest absolute Gasteiger partial charge is 0.358 e. The molecule has 11 heteroatoms. The molecule has 0 aliphatic carbocycles. The molecule has 40 heavy (non-hydrogen) atoms. The second kappa shape index (κ2) is 12.4. The Hall–Kier alpha value is -3.40. The number of aromatic nitrogens is 2. The molecule has 0 amide bonds. The van der Waals surface area contributed by atoms with E-state index in [2.05, 4.69) is 15.4 Å². The number of halogens is 3. The highest BCUT2D eigenvalue weighted by Gasteiger charge is 2.28. The van der Waals surface area contributed by atoms with Crippen molar-refractivity contribution in [3.63, 3.8) is 0 Å². The molecule has 208 valence electrons. The fraction of sp³-hybridized carbons (Fsp3) is 0.241. The normalized spacial score (nSPS) is 13.9. The highest BCUT2D eigenvalue weighted by molar-refractivity contribution is 8.00. The fourth-order valence-electron chi connectivity index (χ4n) is 4.53. The summed E-state index contributed by atoms with van der Waals surface area (Å²) in [5.74, 6) is 0.0247. The van der Waals surface area contributed by atoms with Crippen LogP contribution in [0.4, 0.5) is 21.6 Å². The first kappa shape index (κ1) is 28.1. The first-order chi connectivity index (χ1) is 19.3. The Kier molecular flexibility index (Phi) is 8.73. The highest BCUT2D eigenvalue weighted by atomic mass is 35.5. The maximum Gasteiger partial charge on any atom is 0.332 e. The van der Waals surface area contributed by atoms with E-state index in [1.54, 1.807) is 41.0 Å². The van der Waals surface area contributed by atoms with Gasteiger partial charge >= 0.3 is 5.69 Å². The van der Waals surface area contributed by atoms with Gasteiger partial charge in [-0.2, -0.15) is 0 Å². The summed E-state index contributed by atoms with van der Waals surface area (Å²) in [4.78, 5) is 27.6. The number of nitrogens with one attached hydrogen (secondary N) is 3. The summed E-state index contributed by atoms with van der Waals surface area (Å²) in [5, 5.41) is 7.82. The van der Waals surface area contributed by atoms with Gasteiger partial charge in [-0.25, -0.2) is 9.18 Å². The molecular formula is C29H28Cl2FN5O2S. The van der Waals surface area contributed by atoms with Crippen molar-refractivity contribution in [2.24, 2.45) is 0 Å². The lowest BCUT2D eigenvalue weighted by Crippen LogP contribution is -2.41. The summed E-state index contributed by atoms with van der Waals surface area (Å²) >= 11 is 13.7. The van der Waals surface area contributed by atoms with Gasteiger partial charge < -0.3 is 15.4 Å². The molecule has 7 nitrogen and oxygen atoms in total. The molecule has 0 saturated carbocycles. The summed E-state index contributed by atoms with van der Waals surface area (Å²) in [6.45, 7) is 2.35. The Morgan fingerprint density at radius 2 is 1.77 bits per heavy atom. The number of nitrogens with zero attached hydrogens (tertiary/aromatic N) is 2. The minimum atomic E-state index is -0.470. The van der Waals surface area contributed by atoms with Crippen LogP contribution in [0.25, 0.3) is 0 Å². The van der Waals surface area contributed by atoms with Crippen molar-refractivity contribution in [2.45, 2.75) is 50.3 Å². The molecule has 5 rings (SSSR count). The van der Waals surface area contributed by atoms with Gasteiger partial charge in [0.15, 0.2) is 0 Å². The molecule has 4 aromatic rings. The number of unbranched alkanes of at least 4 members (excludes halogenated alkanes) is 1. The Labute approximate surface area is 245 Å². The zero-order chi connectivity index (χ0) is 28.2. The smallest absolute Gasteiger partial charge is 0.332 e. The standard InChI is InChI=1S/C29H28Cl2FN5O2S/c1-2-3-14-36-27-26(28(38)37(29(36)39)17-19-6-4-5-7-23(19)32)33-25(34-27)15-18-8-11-21(12-9-18)35-40-24-16-20(30)10-13-22(24)31/h4-13,16,25,33-35H,2-3,14-15,17H2,1H3. The zero-order valence-electron chi connectivity index (χ0n) is 21.7. The number of hydrogen-bond donors (Lipinski definition) is 3. The van der Waals surface area contributed by atoms with Crippen LogP contribution in [0, 0.1) is 5.82 Å². The Balaban J connectivity index is 1.32. The van der Waals surface area contributed by atoms with E-state index in [0.29, 0.717) is 34.5 Å². The second-order valence-corrected chi connectivity index (χ2v) is 11.2. The van der Waals surface area contributed by atoms with Crippen molar-refractivity contribution >= 4 is 52.3 Å². The minimum Gasteiger partial charge on any atom is -0.358 e. The molecule has 0 bridgehead atoms. The summed E-state index contributed by atoms with van der Waals surface area (Å²) in [6.07, 6.45) is 1.92. The van der Waals surface area contributed by atoms with Crippen molar-refractivity contribution in [2.75, 3.05) is 15.4 Å². The molecule has 0 radical (unpaired) electrons. The number of rotatable bonds is 10. The maximum absolute atomic E-state index is 14.3. The molecule has 0 saturated heterocycles. The minimum absolute atomic E-state index is 0.136. The second-order valence-electron chi connectivity index (χ2n) is 9.52. The molecule has 3 aromatic carbocycles. The Morgan fingerprint density at radius 1 is 1.00 bits per heavy atom. The predicted octanol–water partition coefficient (Wildman–Crippen LogP) is 6.83. The van der Waals surface area contributed by atoms with E-state index in [1.807, 2.05) is 31.2 Å². The first-order valence-corrected chi connectivity index (χ1v) is 14.5. The topological polar surface area (TPSA) is 80.1 Å². The van der Waals surface area contributed by atoms with Crippen LogP contribution in [-0.2, 0) is 19.5 Å². The number of benzene rings is 3. The average molecular weight is 601 g/mol. The lowest BCUT2D eigenvalue weighted by atomic mass is 10.1. The quantitative estimate of drug-likeness (QED) is 0.173. The van der Waals surface area contributed by atoms with E-state index in [9.17, 15) is 14.0 Å². The van der Waals surface area contributed by atoms with Gasteiger partial charge in [0.05, 0.1) is 11.6 Å². The third-order valence-corrected chi connectivity index (χ3v) is 8.22. The maximum atomic E-state index is 14.3. The molecule has 2 heterocycles. The molecule has 0 spiro atoms. The van der Waals surface area contributed by atoms with E-state index in [-0.39, 0.29) is 18.3 Å². The zero-order valence-corrected chi connectivity index (χ0v) is 24.0. The number of anilines is 3. The van der Waals surface area contributed by atoms with Gasteiger partial charge in [-0.05, 0) is 60.3 Å². The van der Waals surface area contributed by atoms with Gasteiger partial charge in [0.25, 0.3) is 5.56 Å². The van der Waals surface area contributed by atoms with Gasteiger partial charge in [-0.1, -0.05) is 66.9 Å². The van der Waals surface area contributed by atoms with Crippen molar-refractivity contribution in [3.8, 4) is 0 Å². The number of fused-ring (bicyclic) bond motifs is 1. The molecule has 1 atom stereocenters. The monoisotopic (exact) mass is 599 g/mol. The Morgan fingerprint density at radius 3 is 2.52 bits per heavy atom. The predicted molar refractivity (Wildman–Crippen MR) is 162 cm³/mol. The molecule has 3 N–H and O–H groups in total. The van der Waals surface area contributed by atoms with E-state index in [1.165, 1.54) is 18.0 Å². The molecule has 1 aliphatic heterocycles. The van der Waals surface area contributed by atoms with Crippen LogP contribution < -0.4 is 26.6 Å². The van der Waals surface area contributed by atoms with E-state index < -0.39 is 17.1 Å². The Bertz CT molecular complexity index is 1640. The van der Waals surface area contributed by atoms with E-state index in [0.717, 1.165) is 33.6 Å². The molecular weight excluding hydrogens is 572 g/mol. The van der Waals surface area contributed by atoms with Crippen LogP contribution in [0.3, 0.4) is 0 Å². The van der Waals surface area contributed by atoms with Crippen molar-refractivity contribution < 1.29 is 4.39 Å². The molecule has 0 fully saturated rings. The van der Waals surface area contributed by atoms with Crippen molar-refractivity contribution in [3.05, 3.63) is 115 Å². The van der Waals surface area contributed by atoms with E-state index >= 15 is 0 Å². The van der Waals surface area contributed by atoms with Crippen LogP contribution in [0.5, 0.6) is 0 Å². The van der Waals surface area contributed by atoms with Gasteiger partial charge in [-0.3, -0.25) is 13.9 Å². The lowest BCUT2D eigenvalue weighted by molar-refractivity contribution is 0.547. The van der Waals surface area contributed by atoms with Gasteiger partial charge in [0.1, 0.15) is 23.5 Å². The van der Waals surface area contributed by atoms with Gasteiger partial charge in [-0.15, -0.1) is 0 Å². The molecule has 1 unspecified atom stereocenters. The summed E-state index contributed by atoms with van der Waals surface area (Å²) in [7, 11) is 0. The number of hydrogen-bond acceptors (Lipinski definition) is 6. The van der Waals surface area contributed by atoms with Crippen LogP contribution in [0.2, 0.25) is 10.0 Å². The third-order valence-electron chi connectivity index (χ3n) is 6.64. The van der Waals surface area contributed by atoms with Crippen molar-refractivity contribution in [1.82, 2.24) is 9.13 Å².